The lowest BCUT2D eigenvalue weighted by Crippen LogP contribution is -2.56. The van der Waals surface area contributed by atoms with Gasteiger partial charge in [-0.25, -0.2) is 0 Å². The molecular formula is C10H20O6P2-4. The van der Waals surface area contributed by atoms with E-state index in [9.17, 15) is 28.7 Å². The van der Waals surface area contributed by atoms with Gasteiger partial charge in [-0.1, -0.05) is 42.9 Å². The molecule has 0 rings (SSSR count). The summed E-state index contributed by atoms with van der Waals surface area (Å²) in [7, 11) is -11.2. The van der Waals surface area contributed by atoms with Crippen LogP contribution in [0, 0.1) is 5.41 Å². The van der Waals surface area contributed by atoms with E-state index in [1.165, 1.54) is 6.92 Å². The molecule has 0 saturated heterocycles. The van der Waals surface area contributed by atoms with Crippen LogP contribution in [0.1, 0.15) is 53.4 Å². The van der Waals surface area contributed by atoms with Crippen LogP contribution in [0.15, 0.2) is 0 Å². The fraction of sp³-hybridized carbons (Fsp3) is 1.00. The molecule has 0 aromatic carbocycles. The van der Waals surface area contributed by atoms with Crippen molar-refractivity contribution < 1.29 is 28.7 Å². The van der Waals surface area contributed by atoms with Crippen LogP contribution in [-0.4, -0.2) is 4.90 Å². The van der Waals surface area contributed by atoms with E-state index < -0.39 is 31.9 Å². The van der Waals surface area contributed by atoms with Crippen molar-refractivity contribution in [3.05, 3.63) is 0 Å². The van der Waals surface area contributed by atoms with E-state index in [4.69, 9.17) is 0 Å². The quantitative estimate of drug-likeness (QED) is 0.615. The Balaban J connectivity index is 6.40. The highest BCUT2D eigenvalue weighted by Gasteiger charge is 2.51. The smallest absolute Gasteiger partial charge is 0.0309 e. The molecule has 0 aromatic rings. The Morgan fingerprint density at radius 2 is 1.00 bits per heavy atom. The molecule has 0 aliphatic heterocycles. The van der Waals surface area contributed by atoms with Gasteiger partial charge in [0, 0.05) is 4.90 Å². The molecule has 0 N–H and O–H groups in total. The van der Waals surface area contributed by atoms with Crippen LogP contribution in [0.2, 0.25) is 0 Å². The third-order valence-electron chi connectivity index (χ3n) is 4.28. The maximum Gasteiger partial charge on any atom is 0.0309 e. The lowest BCUT2D eigenvalue weighted by atomic mass is 9.75. The van der Waals surface area contributed by atoms with Crippen LogP contribution < -0.4 is 19.6 Å². The van der Waals surface area contributed by atoms with E-state index in [1.807, 2.05) is 0 Å². The van der Waals surface area contributed by atoms with Crippen molar-refractivity contribution in [2.75, 3.05) is 0 Å². The average Bonchev–Trinajstić information content (AvgIpc) is 2.22. The molecule has 0 bridgehead atoms. The highest BCUT2D eigenvalue weighted by molar-refractivity contribution is 7.69. The summed E-state index contributed by atoms with van der Waals surface area (Å²) in [6, 6.07) is 0. The summed E-state index contributed by atoms with van der Waals surface area (Å²) < 4.78 is 23.1. The lowest BCUT2D eigenvalue weighted by Gasteiger charge is -2.67. The first-order chi connectivity index (χ1) is 7.99. The second-order valence-electron chi connectivity index (χ2n) is 4.51. The Morgan fingerprint density at radius 1 is 0.722 bits per heavy atom. The van der Waals surface area contributed by atoms with Crippen molar-refractivity contribution >= 4 is 15.2 Å². The minimum absolute atomic E-state index is 0.150. The molecule has 0 unspecified atom stereocenters. The van der Waals surface area contributed by atoms with Crippen molar-refractivity contribution in [1.82, 2.24) is 0 Å². The molecule has 6 nitrogen and oxygen atoms in total. The zero-order valence-electron chi connectivity index (χ0n) is 11.2. The van der Waals surface area contributed by atoms with Gasteiger partial charge in [0.15, 0.2) is 0 Å². The Hall–Kier alpha value is 0.300. The molecule has 0 saturated carbocycles. The van der Waals surface area contributed by atoms with Crippen LogP contribution in [0.4, 0.5) is 0 Å². The molecule has 0 aliphatic rings. The summed E-state index contributed by atoms with van der Waals surface area (Å²) in [6.45, 7) is 6.06. The van der Waals surface area contributed by atoms with Gasteiger partial charge in [-0.15, -0.1) is 0 Å². The van der Waals surface area contributed by atoms with Crippen molar-refractivity contribution in [2.45, 2.75) is 58.3 Å². The van der Waals surface area contributed by atoms with E-state index >= 15 is 0 Å². The minimum Gasteiger partial charge on any atom is -0.810 e. The molecule has 0 heterocycles. The van der Waals surface area contributed by atoms with Gasteiger partial charge >= 0.3 is 0 Å². The second-order valence-corrected chi connectivity index (χ2v) is 8.38. The largest absolute Gasteiger partial charge is 0.810 e. The van der Waals surface area contributed by atoms with Gasteiger partial charge in [0.2, 0.25) is 0 Å². The van der Waals surface area contributed by atoms with Crippen LogP contribution in [0.25, 0.3) is 0 Å². The van der Waals surface area contributed by atoms with Crippen LogP contribution in [0.3, 0.4) is 0 Å². The predicted molar refractivity (Wildman–Crippen MR) is 61.5 cm³/mol. The van der Waals surface area contributed by atoms with Gasteiger partial charge in [-0.2, -0.15) is 0 Å². The zero-order valence-corrected chi connectivity index (χ0v) is 13.0. The standard InChI is InChI=1S/C10H24O6P2/c1-5-9(6-2,7-3)10(8-4,17(11,12)13)18(14,15)16/h5-8H2,1-4H3,(H2,11,12,13)(H2,14,15,16)/p-4. The summed E-state index contributed by atoms with van der Waals surface area (Å²) in [4.78, 5) is 43.5. The van der Waals surface area contributed by atoms with Crippen molar-refractivity contribution in [2.24, 2.45) is 5.41 Å². The van der Waals surface area contributed by atoms with Gasteiger partial charge in [0.05, 0.1) is 0 Å². The fourth-order valence-corrected chi connectivity index (χ4v) is 7.18. The Bertz CT molecular complexity index is 334. The maximum atomic E-state index is 11.6. The maximum absolute atomic E-state index is 11.6. The minimum atomic E-state index is -5.59. The molecule has 0 aliphatic carbocycles. The number of hydrogen-bond donors (Lipinski definition) is 0. The monoisotopic (exact) mass is 298 g/mol. The van der Waals surface area contributed by atoms with Gasteiger partial charge < -0.3 is 28.7 Å². The Kier molecular flexibility index (Phi) is 5.83. The highest BCUT2D eigenvalue weighted by atomic mass is 31.2. The molecule has 0 radical (unpaired) electrons. The van der Waals surface area contributed by atoms with Gasteiger partial charge in [0.1, 0.15) is 0 Å². The van der Waals surface area contributed by atoms with Gasteiger partial charge in [-0.05, 0) is 31.1 Å². The summed E-state index contributed by atoms with van der Waals surface area (Å²) in [5, 5.41) is 0. The number of rotatable bonds is 7. The van der Waals surface area contributed by atoms with Crippen LogP contribution in [0.5, 0.6) is 0 Å². The summed E-state index contributed by atoms with van der Waals surface area (Å²) in [5.74, 6) is 0. The summed E-state index contributed by atoms with van der Waals surface area (Å²) in [6.07, 6.45) is -0.0542. The molecule has 0 atom stereocenters. The van der Waals surface area contributed by atoms with E-state index in [0.29, 0.717) is 0 Å². The highest BCUT2D eigenvalue weighted by Crippen LogP contribution is 2.72. The van der Waals surface area contributed by atoms with Crippen LogP contribution in [-0.2, 0) is 9.13 Å². The predicted octanol–water partition coefficient (Wildman–Crippen LogP) is 0.137. The molecule has 8 heteroatoms. The van der Waals surface area contributed by atoms with Gasteiger partial charge in [-0.3, -0.25) is 0 Å². The van der Waals surface area contributed by atoms with E-state index in [1.54, 1.807) is 20.8 Å². The summed E-state index contributed by atoms with van der Waals surface area (Å²) in [5.41, 5.74) is -1.32. The first-order valence-corrected chi connectivity index (χ1v) is 9.12. The summed E-state index contributed by atoms with van der Waals surface area (Å²) >= 11 is 0. The fourth-order valence-electron chi connectivity index (χ4n) is 3.09. The second kappa shape index (κ2) is 5.74. The van der Waals surface area contributed by atoms with E-state index in [0.717, 1.165) is 0 Å². The number of hydrogen-bond acceptors (Lipinski definition) is 6. The van der Waals surface area contributed by atoms with Crippen LogP contribution >= 0.6 is 15.2 Å². The van der Waals surface area contributed by atoms with Crippen molar-refractivity contribution in [3.8, 4) is 0 Å². The van der Waals surface area contributed by atoms with E-state index in [-0.39, 0.29) is 19.3 Å². The Morgan fingerprint density at radius 3 is 1.06 bits per heavy atom. The topological polar surface area (TPSA) is 126 Å². The molecule has 18 heavy (non-hydrogen) atoms. The SMILES string of the molecule is CCC(CC)(CC)C(CC)(P(=O)([O-])[O-])P(=O)([O-])[O-]. The normalized spacial score (nSPS) is 14.9. The lowest BCUT2D eigenvalue weighted by molar-refractivity contribution is -0.341. The molecule has 0 fully saturated rings. The average molecular weight is 298 g/mol. The Labute approximate surface area is 108 Å². The zero-order chi connectivity index (χ0) is 14.8. The van der Waals surface area contributed by atoms with Crippen molar-refractivity contribution in [1.29, 1.82) is 0 Å². The molecule has 0 spiro atoms. The third-order valence-corrected chi connectivity index (χ3v) is 9.14. The van der Waals surface area contributed by atoms with E-state index in [2.05, 4.69) is 0 Å². The molecule has 110 valence electrons. The first kappa shape index (κ1) is 18.3. The first-order valence-electron chi connectivity index (χ1n) is 6.04. The molecular weight excluding hydrogens is 278 g/mol. The van der Waals surface area contributed by atoms with Crippen molar-refractivity contribution in [3.63, 3.8) is 0 Å². The third kappa shape index (κ3) is 2.47. The van der Waals surface area contributed by atoms with Gasteiger partial charge in [0.25, 0.3) is 0 Å². The molecule has 0 amide bonds. The molecule has 0 aromatic heterocycles.